The van der Waals surface area contributed by atoms with Gasteiger partial charge in [0.15, 0.2) is 6.61 Å². The average molecular weight is 458 g/mol. The van der Waals surface area contributed by atoms with Gasteiger partial charge in [-0.05, 0) is 29.8 Å². The fourth-order valence-corrected chi connectivity index (χ4v) is 3.64. The Morgan fingerprint density at radius 2 is 1.59 bits per heavy atom. The molecule has 0 saturated carbocycles. The van der Waals surface area contributed by atoms with E-state index in [-0.39, 0.29) is 29.8 Å². The summed E-state index contributed by atoms with van der Waals surface area (Å²) in [7, 11) is 1.54. The minimum atomic E-state index is -0.767. The van der Waals surface area contributed by atoms with Crippen LogP contribution in [-0.4, -0.2) is 42.3 Å². The Morgan fingerprint density at radius 3 is 2.35 bits per heavy atom. The number of rotatable bonds is 8. The molecule has 1 heterocycles. The van der Waals surface area contributed by atoms with Crippen molar-refractivity contribution in [3.63, 3.8) is 0 Å². The summed E-state index contributed by atoms with van der Waals surface area (Å²) in [5, 5.41) is 2.66. The number of carbonyl (C=O) groups is 4. The van der Waals surface area contributed by atoms with Gasteiger partial charge in [-0.3, -0.25) is 19.3 Å². The molecule has 0 aromatic heterocycles. The van der Waals surface area contributed by atoms with Crippen molar-refractivity contribution in [2.24, 2.45) is 0 Å². The van der Waals surface area contributed by atoms with Crippen molar-refractivity contribution in [2.45, 2.75) is 13.1 Å². The molecule has 1 N–H and O–H groups in total. The highest BCUT2D eigenvalue weighted by molar-refractivity contribution is 6.21. The van der Waals surface area contributed by atoms with E-state index >= 15 is 0 Å². The second kappa shape index (κ2) is 9.99. The Bertz CT molecular complexity index is 1260. The molecular weight excluding hydrogens is 436 g/mol. The number of para-hydroxylation sites is 1. The Hall–Kier alpha value is -4.46. The van der Waals surface area contributed by atoms with Gasteiger partial charge in [-0.2, -0.15) is 0 Å². The van der Waals surface area contributed by atoms with Gasteiger partial charge >= 0.3 is 5.97 Å². The molecule has 0 saturated heterocycles. The molecule has 3 aromatic rings. The van der Waals surface area contributed by atoms with E-state index in [0.717, 1.165) is 16.0 Å². The predicted octanol–water partition coefficient (Wildman–Crippen LogP) is 2.96. The van der Waals surface area contributed by atoms with E-state index in [1.165, 1.54) is 25.3 Å². The van der Waals surface area contributed by atoms with Gasteiger partial charge in [0, 0.05) is 12.1 Å². The van der Waals surface area contributed by atoms with Crippen LogP contribution in [-0.2, 0) is 22.6 Å². The first-order valence-electron chi connectivity index (χ1n) is 10.6. The number of methoxy groups -OCH3 is 1. The standard InChI is InChI=1S/C26H22N2O6/c1-33-22-10-6-5-9-19(22)14-27-23(29)16-34-26(32)18-11-12-20-21(13-18)25(31)28(24(20)30)15-17-7-3-2-4-8-17/h2-13H,14-16H2,1H3,(H,27,29). The Balaban J connectivity index is 1.36. The van der Waals surface area contributed by atoms with Crippen molar-refractivity contribution in [2.75, 3.05) is 13.7 Å². The van der Waals surface area contributed by atoms with Crippen LogP contribution in [0.2, 0.25) is 0 Å². The minimum Gasteiger partial charge on any atom is -0.496 e. The van der Waals surface area contributed by atoms with Gasteiger partial charge in [0.05, 0.1) is 30.3 Å². The van der Waals surface area contributed by atoms with E-state index < -0.39 is 30.3 Å². The van der Waals surface area contributed by atoms with Crippen LogP contribution in [0.5, 0.6) is 5.75 Å². The monoisotopic (exact) mass is 458 g/mol. The van der Waals surface area contributed by atoms with Gasteiger partial charge < -0.3 is 14.8 Å². The number of esters is 1. The van der Waals surface area contributed by atoms with Crippen LogP contribution >= 0.6 is 0 Å². The van der Waals surface area contributed by atoms with Gasteiger partial charge in [0.2, 0.25) is 0 Å². The second-order valence-corrected chi connectivity index (χ2v) is 7.61. The van der Waals surface area contributed by atoms with Gasteiger partial charge in [0.25, 0.3) is 17.7 Å². The van der Waals surface area contributed by atoms with Crippen molar-refractivity contribution < 1.29 is 28.7 Å². The van der Waals surface area contributed by atoms with Crippen LogP contribution in [0.3, 0.4) is 0 Å². The van der Waals surface area contributed by atoms with Crippen LogP contribution in [0.15, 0.2) is 72.8 Å². The van der Waals surface area contributed by atoms with Crippen LogP contribution in [0.4, 0.5) is 0 Å². The van der Waals surface area contributed by atoms with E-state index in [4.69, 9.17) is 9.47 Å². The molecule has 8 nitrogen and oxygen atoms in total. The molecule has 3 aromatic carbocycles. The van der Waals surface area contributed by atoms with E-state index in [1.54, 1.807) is 6.07 Å². The van der Waals surface area contributed by atoms with Crippen molar-refractivity contribution in [3.8, 4) is 5.75 Å². The summed E-state index contributed by atoms with van der Waals surface area (Å²) in [4.78, 5) is 51.2. The second-order valence-electron chi connectivity index (χ2n) is 7.61. The topological polar surface area (TPSA) is 102 Å². The SMILES string of the molecule is COc1ccccc1CNC(=O)COC(=O)c1ccc2c(c1)C(=O)N(Cc1ccccc1)C2=O. The molecule has 0 atom stereocenters. The molecule has 0 bridgehead atoms. The van der Waals surface area contributed by atoms with Crippen LogP contribution in [0.25, 0.3) is 0 Å². The van der Waals surface area contributed by atoms with E-state index in [9.17, 15) is 19.2 Å². The molecule has 3 amide bonds. The summed E-state index contributed by atoms with van der Waals surface area (Å²) in [6.07, 6.45) is 0. The maximum Gasteiger partial charge on any atom is 0.338 e. The third-order valence-corrected chi connectivity index (χ3v) is 5.39. The summed E-state index contributed by atoms with van der Waals surface area (Å²) in [6, 6.07) is 20.6. The van der Waals surface area contributed by atoms with Crippen molar-refractivity contribution in [1.29, 1.82) is 0 Å². The van der Waals surface area contributed by atoms with Crippen LogP contribution in [0.1, 0.15) is 42.2 Å². The minimum absolute atomic E-state index is 0.0824. The van der Waals surface area contributed by atoms with Gasteiger partial charge in [-0.25, -0.2) is 4.79 Å². The first kappa shape index (κ1) is 22.7. The zero-order valence-corrected chi connectivity index (χ0v) is 18.4. The molecule has 0 fully saturated rings. The third kappa shape index (κ3) is 4.80. The molecule has 4 rings (SSSR count). The lowest BCUT2D eigenvalue weighted by atomic mass is 10.1. The maximum atomic E-state index is 12.8. The van der Waals surface area contributed by atoms with Crippen molar-refractivity contribution >= 4 is 23.7 Å². The number of benzene rings is 3. The lowest BCUT2D eigenvalue weighted by Gasteiger charge is -2.13. The molecule has 0 aliphatic carbocycles. The van der Waals surface area contributed by atoms with E-state index in [0.29, 0.717) is 5.75 Å². The number of ether oxygens (including phenoxy) is 2. The summed E-state index contributed by atoms with van der Waals surface area (Å²) in [5.41, 5.74) is 2.05. The van der Waals surface area contributed by atoms with Gasteiger partial charge in [-0.1, -0.05) is 48.5 Å². The largest absolute Gasteiger partial charge is 0.496 e. The molecule has 0 spiro atoms. The highest BCUT2D eigenvalue weighted by Gasteiger charge is 2.36. The quantitative estimate of drug-likeness (QED) is 0.411. The number of fused-ring (bicyclic) bond motifs is 1. The summed E-state index contributed by atoms with van der Waals surface area (Å²) < 4.78 is 10.3. The summed E-state index contributed by atoms with van der Waals surface area (Å²) in [5.74, 6) is -1.51. The number of amides is 3. The van der Waals surface area contributed by atoms with Crippen molar-refractivity contribution in [1.82, 2.24) is 10.2 Å². The number of hydrogen-bond acceptors (Lipinski definition) is 6. The maximum absolute atomic E-state index is 12.8. The number of hydrogen-bond donors (Lipinski definition) is 1. The van der Waals surface area contributed by atoms with Gasteiger partial charge in [0.1, 0.15) is 5.75 Å². The number of imide groups is 1. The fraction of sp³-hybridized carbons (Fsp3) is 0.154. The fourth-order valence-electron chi connectivity index (χ4n) is 3.64. The summed E-state index contributed by atoms with van der Waals surface area (Å²) in [6.45, 7) is -0.134. The first-order valence-corrected chi connectivity index (χ1v) is 10.6. The Morgan fingerprint density at radius 1 is 0.882 bits per heavy atom. The number of nitrogens with zero attached hydrogens (tertiary/aromatic N) is 1. The molecule has 0 unspecified atom stereocenters. The molecule has 0 radical (unpaired) electrons. The smallest absolute Gasteiger partial charge is 0.338 e. The van der Waals surface area contributed by atoms with E-state index in [2.05, 4.69) is 5.32 Å². The lowest BCUT2D eigenvalue weighted by Crippen LogP contribution is -2.29. The van der Waals surface area contributed by atoms with E-state index in [1.807, 2.05) is 48.5 Å². The Kier molecular flexibility index (Phi) is 6.68. The zero-order chi connectivity index (χ0) is 24.1. The summed E-state index contributed by atoms with van der Waals surface area (Å²) >= 11 is 0. The highest BCUT2D eigenvalue weighted by atomic mass is 16.5. The third-order valence-electron chi connectivity index (χ3n) is 5.39. The van der Waals surface area contributed by atoms with Crippen LogP contribution < -0.4 is 10.1 Å². The zero-order valence-electron chi connectivity index (χ0n) is 18.4. The van der Waals surface area contributed by atoms with Crippen LogP contribution in [0, 0.1) is 0 Å². The molecule has 1 aliphatic heterocycles. The number of nitrogens with one attached hydrogen (secondary N) is 1. The molecule has 34 heavy (non-hydrogen) atoms. The predicted molar refractivity (Wildman–Crippen MR) is 122 cm³/mol. The average Bonchev–Trinajstić information content (AvgIpc) is 3.11. The molecule has 8 heteroatoms. The molecule has 172 valence electrons. The number of carbonyl (C=O) groups excluding carboxylic acids is 4. The lowest BCUT2D eigenvalue weighted by molar-refractivity contribution is -0.124. The first-order chi connectivity index (χ1) is 16.5. The Labute approximate surface area is 196 Å². The normalized spacial score (nSPS) is 12.3. The molecular formula is C26H22N2O6. The van der Waals surface area contributed by atoms with Gasteiger partial charge in [-0.15, -0.1) is 0 Å². The highest BCUT2D eigenvalue weighted by Crippen LogP contribution is 2.26. The van der Waals surface area contributed by atoms with Crippen molar-refractivity contribution in [3.05, 3.63) is 101 Å². The molecule has 1 aliphatic rings.